The van der Waals surface area contributed by atoms with Crippen LogP contribution in [0.15, 0.2) is 36.4 Å². The zero-order valence-corrected chi connectivity index (χ0v) is 18.1. The van der Waals surface area contributed by atoms with Gasteiger partial charge in [0.25, 0.3) is 0 Å². The lowest BCUT2D eigenvalue weighted by atomic mass is 9.97. The average Bonchev–Trinajstić information content (AvgIpc) is 3.09. The first kappa shape index (κ1) is 20.3. The van der Waals surface area contributed by atoms with E-state index in [2.05, 4.69) is 25.5 Å². The summed E-state index contributed by atoms with van der Waals surface area (Å²) >= 11 is 6.17. The molecule has 1 N–H and O–H groups in total. The summed E-state index contributed by atoms with van der Waals surface area (Å²) in [5, 5.41) is 16.9. The predicted octanol–water partition coefficient (Wildman–Crippen LogP) is 4.10. The lowest BCUT2D eigenvalue weighted by Crippen LogP contribution is -2.41. The molecule has 0 radical (unpaired) electrons. The van der Waals surface area contributed by atoms with Crippen LogP contribution in [0.25, 0.3) is 5.82 Å². The Labute approximate surface area is 181 Å². The lowest BCUT2D eigenvalue weighted by Gasteiger charge is -2.32. The highest BCUT2D eigenvalue weighted by molar-refractivity contribution is 6.31. The molecule has 1 saturated heterocycles. The van der Waals surface area contributed by atoms with E-state index in [4.69, 9.17) is 11.6 Å². The van der Waals surface area contributed by atoms with Crippen LogP contribution in [0.4, 0.5) is 11.5 Å². The minimum atomic E-state index is -0.116. The molecule has 8 heteroatoms. The maximum Gasteiger partial charge on any atom is 0.229 e. The summed E-state index contributed by atoms with van der Waals surface area (Å²) < 4.78 is 1.78. The van der Waals surface area contributed by atoms with Crippen LogP contribution in [0, 0.1) is 26.7 Å². The van der Waals surface area contributed by atoms with Crippen molar-refractivity contribution in [1.82, 2.24) is 20.0 Å². The molecule has 4 rings (SSSR count). The van der Waals surface area contributed by atoms with Crippen molar-refractivity contribution in [3.05, 3.63) is 58.4 Å². The third kappa shape index (κ3) is 4.16. The van der Waals surface area contributed by atoms with Crippen molar-refractivity contribution < 1.29 is 4.79 Å². The van der Waals surface area contributed by atoms with E-state index in [9.17, 15) is 4.79 Å². The van der Waals surface area contributed by atoms with E-state index in [1.54, 1.807) is 4.68 Å². The van der Waals surface area contributed by atoms with E-state index in [1.165, 1.54) is 0 Å². The zero-order valence-electron chi connectivity index (χ0n) is 17.4. The number of halogens is 1. The van der Waals surface area contributed by atoms with E-state index in [0.29, 0.717) is 17.4 Å². The van der Waals surface area contributed by atoms with Crippen molar-refractivity contribution in [1.29, 1.82) is 0 Å². The smallest absolute Gasteiger partial charge is 0.229 e. The third-order valence-corrected chi connectivity index (χ3v) is 5.91. The van der Waals surface area contributed by atoms with Crippen molar-refractivity contribution in [2.75, 3.05) is 23.3 Å². The Morgan fingerprint density at radius 1 is 1.13 bits per heavy atom. The van der Waals surface area contributed by atoms with Gasteiger partial charge in [-0.1, -0.05) is 17.7 Å². The van der Waals surface area contributed by atoms with Gasteiger partial charge >= 0.3 is 0 Å². The van der Waals surface area contributed by atoms with Crippen LogP contribution in [0.3, 0.4) is 0 Å². The maximum absolute atomic E-state index is 12.9. The van der Waals surface area contributed by atoms with Gasteiger partial charge in [0.1, 0.15) is 0 Å². The Balaban J connectivity index is 1.45. The number of piperidine rings is 1. The molecule has 3 aromatic rings. The Hall–Kier alpha value is -2.93. The van der Waals surface area contributed by atoms with Gasteiger partial charge in [0.2, 0.25) is 5.91 Å². The first-order valence-corrected chi connectivity index (χ1v) is 10.5. The van der Waals surface area contributed by atoms with Crippen LogP contribution >= 0.6 is 11.6 Å². The van der Waals surface area contributed by atoms with Crippen molar-refractivity contribution >= 4 is 29.0 Å². The average molecular weight is 425 g/mol. The van der Waals surface area contributed by atoms with Crippen molar-refractivity contribution in [2.24, 2.45) is 5.92 Å². The highest BCUT2D eigenvalue weighted by Gasteiger charge is 2.27. The van der Waals surface area contributed by atoms with Crippen LogP contribution < -0.4 is 10.2 Å². The number of carbonyl (C=O) groups excluding carboxylic acids is 1. The molecule has 0 saturated carbocycles. The number of hydrogen-bond acceptors (Lipinski definition) is 5. The molecule has 0 bridgehead atoms. The molecule has 1 aromatic carbocycles. The van der Waals surface area contributed by atoms with Gasteiger partial charge in [-0.15, -0.1) is 10.2 Å². The van der Waals surface area contributed by atoms with Crippen molar-refractivity contribution in [3.63, 3.8) is 0 Å². The second-order valence-electron chi connectivity index (χ2n) is 7.78. The molecule has 30 heavy (non-hydrogen) atoms. The second-order valence-corrected chi connectivity index (χ2v) is 8.18. The molecule has 0 spiro atoms. The van der Waals surface area contributed by atoms with E-state index < -0.39 is 0 Å². The fourth-order valence-corrected chi connectivity index (χ4v) is 4.01. The highest BCUT2D eigenvalue weighted by atomic mass is 35.5. The van der Waals surface area contributed by atoms with Crippen LogP contribution in [-0.4, -0.2) is 39.0 Å². The summed E-state index contributed by atoms with van der Waals surface area (Å²) in [6, 6.07) is 11.4. The van der Waals surface area contributed by atoms with Gasteiger partial charge in [0.15, 0.2) is 11.6 Å². The van der Waals surface area contributed by atoms with Crippen LogP contribution in [0.2, 0.25) is 5.02 Å². The van der Waals surface area contributed by atoms with Gasteiger partial charge in [-0.3, -0.25) is 4.79 Å². The monoisotopic (exact) mass is 424 g/mol. The molecule has 1 aliphatic heterocycles. The summed E-state index contributed by atoms with van der Waals surface area (Å²) in [4.78, 5) is 15.0. The normalized spacial score (nSPS) is 16.5. The van der Waals surface area contributed by atoms with Gasteiger partial charge in [-0.2, -0.15) is 5.10 Å². The molecule has 0 aliphatic carbocycles. The number of nitrogens with one attached hydrogen (secondary N) is 1. The van der Waals surface area contributed by atoms with Gasteiger partial charge in [0, 0.05) is 29.5 Å². The highest BCUT2D eigenvalue weighted by Crippen LogP contribution is 2.26. The van der Waals surface area contributed by atoms with E-state index in [-0.39, 0.29) is 11.8 Å². The number of anilines is 2. The molecule has 7 nitrogen and oxygen atoms in total. The van der Waals surface area contributed by atoms with Crippen molar-refractivity contribution in [3.8, 4) is 5.82 Å². The zero-order chi connectivity index (χ0) is 21.3. The van der Waals surface area contributed by atoms with E-state index in [0.717, 1.165) is 47.8 Å². The fourth-order valence-electron chi connectivity index (χ4n) is 3.84. The number of rotatable bonds is 4. The Kier molecular flexibility index (Phi) is 5.72. The van der Waals surface area contributed by atoms with Crippen molar-refractivity contribution in [2.45, 2.75) is 33.6 Å². The first-order chi connectivity index (χ1) is 14.4. The topological polar surface area (TPSA) is 75.9 Å². The number of benzene rings is 1. The predicted molar refractivity (Wildman–Crippen MR) is 118 cm³/mol. The Bertz CT molecular complexity index is 1060. The first-order valence-electron chi connectivity index (χ1n) is 10.1. The quantitative estimate of drug-likeness (QED) is 0.682. The number of aryl methyl sites for hydroxylation is 2. The summed E-state index contributed by atoms with van der Waals surface area (Å²) in [6.07, 6.45) is 1.77. The summed E-state index contributed by atoms with van der Waals surface area (Å²) in [7, 11) is 0. The van der Waals surface area contributed by atoms with Crippen LogP contribution in [0.1, 0.15) is 29.8 Å². The Morgan fingerprint density at radius 2 is 1.90 bits per heavy atom. The minimum Gasteiger partial charge on any atom is -0.354 e. The minimum absolute atomic E-state index is 0.0114. The summed E-state index contributed by atoms with van der Waals surface area (Å²) in [5.74, 6) is 1.36. The molecule has 2 aromatic heterocycles. The van der Waals surface area contributed by atoms with Gasteiger partial charge in [0.05, 0.1) is 11.6 Å². The molecule has 1 amide bonds. The molecular formula is C22H25ClN6O. The largest absolute Gasteiger partial charge is 0.354 e. The number of carbonyl (C=O) groups is 1. The summed E-state index contributed by atoms with van der Waals surface area (Å²) in [6.45, 7) is 7.32. The Morgan fingerprint density at radius 3 is 2.60 bits per heavy atom. The molecule has 1 atom stereocenters. The second kappa shape index (κ2) is 8.44. The lowest BCUT2D eigenvalue weighted by molar-refractivity contribution is -0.120. The summed E-state index contributed by atoms with van der Waals surface area (Å²) in [5.41, 5.74) is 3.60. The van der Waals surface area contributed by atoms with Gasteiger partial charge in [-0.25, -0.2) is 4.68 Å². The van der Waals surface area contributed by atoms with E-state index >= 15 is 0 Å². The molecule has 156 valence electrons. The molecule has 1 aliphatic rings. The standard InChI is InChI=1S/C22H25ClN6O/c1-14-12-15(2)29(27-14)21-10-9-20(25-26-21)28-11-5-6-17(13-28)22(30)24-19-8-4-7-18(23)16(19)3/h4,7-10,12,17H,5-6,11,13H2,1-3H3,(H,24,30). The van der Waals surface area contributed by atoms with E-state index in [1.807, 2.05) is 57.2 Å². The molecular weight excluding hydrogens is 400 g/mol. The number of nitrogens with zero attached hydrogens (tertiary/aromatic N) is 5. The number of aromatic nitrogens is 4. The molecule has 3 heterocycles. The van der Waals surface area contributed by atoms with Crippen LogP contribution in [0.5, 0.6) is 0 Å². The molecule has 1 unspecified atom stereocenters. The third-order valence-electron chi connectivity index (χ3n) is 5.50. The fraction of sp³-hybridized carbons (Fsp3) is 0.364. The number of hydrogen-bond donors (Lipinski definition) is 1. The van der Waals surface area contributed by atoms with Gasteiger partial charge < -0.3 is 10.2 Å². The SMILES string of the molecule is Cc1cc(C)n(-c2ccc(N3CCCC(C(=O)Nc4cccc(Cl)c4C)C3)nn2)n1. The molecule has 1 fully saturated rings. The maximum atomic E-state index is 12.9. The van der Waals surface area contributed by atoms with Gasteiger partial charge in [-0.05, 0) is 69.5 Å². The number of amides is 1. The van der Waals surface area contributed by atoms with Crippen LogP contribution in [-0.2, 0) is 4.79 Å².